The van der Waals surface area contributed by atoms with E-state index in [-0.39, 0.29) is 36.3 Å². The molecule has 1 aromatic carbocycles. The number of nitrogens with two attached hydrogens (primary N) is 2. The number of carbonyl (C=O) groups excluding carboxylic acids is 1. The molecule has 4 N–H and O–H groups in total. The first-order valence-corrected chi connectivity index (χ1v) is 15.9. The number of methoxy groups -OCH3 is 1. The van der Waals surface area contributed by atoms with E-state index in [1.807, 2.05) is 41.8 Å². The van der Waals surface area contributed by atoms with E-state index in [0.29, 0.717) is 29.8 Å². The predicted octanol–water partition coefficient (Wildman–Crippen LogP) is 4.05. The minimum atomic E-state index is -2.45. The molecule has 5 atom stereocenters. The topological polar surface area (TPSA) is 159 Å². The van der Waals surface area contributed by atoms with Crippen molar-refractivity contribution in [2.24, 2.45) is 11.7 Å². The van der Waals surface area contributed by atoms with Crippen molar-refractivity contribution in [2.45, 2.75) is 65.5 Å². The monoisotopic (exact) mass is 594 g/mol. The maximum absolute atomic E-state index is 10.6. The molecule has 0 aliphatic carbocycles. The van der Waals surface area contributed by atoms with Gasteiger partial charge in [-0.3, -0.25) is 9.36 Å². The van der Waals surface area contributed by atoms with Gasteiger partial charge < -0.3 is 34.7 Å². The SMILES string of the molecule is CC(C)OC(=O)[C@H](C)N.CCP(=S)(OC[C@@H]1C[C@H](C)[C@H](n2cnc3c(OC)nc(N)nc32)O1)Oc1ccccc1. The molecule has 14 heteroatoms. The molecule has 3 heterocycles. The van der Waals surface area contributed by atoms with Crippen LogP contribution in [0.3, 0.4) is 0 Å². The van der Waals surface area contributed by atoms with E-state index in [1.54, 1.807) is 27.1 Å². The fraction of sp³-hybridized carbons (Fsp3) is 0.538. The van der Waals surface area contributed by atoms with Crippen LogP contribution in [0.2, 0.25) is 0 Å². The summed E-state index contributed by atoms with van der Waals surface area (Å²) in [7, 11) is 1.53. The number of anilines is 1. The molecular formula is C26H39N6O6PS. The Labute approximate surface area is 239 Å². The molecule has 4 rings (SSSR count). The van der Waals surface area contributed by atoms with E-state index in [2.05, 4.69) is 21.9 Å². The summed E-state index contributed by atoms with van der Waals surface area (Å²) in [5, 5.41) is 0. The van der Waals surface area contributed by atoms with Gasteiger partial charge in [0.25, 0.3) is 0 Å². The van der Waals surface area contributed by atoms with Crippen molar-refractivity contribution in [3.63, 3.8) is 0 Å². The Morgan fingerprint density at radius 1 is 1.25 bits per heavy atom. The number of rotatable bonds is 10. The van der Waals surface area contributed by atoms with Crippen LogP contribution in [0, 0.1) is 5.92 Å². The van der Waals surface area contributed by atoms with Gasteiger partial charge in [0.05, 0.1) is 32.3 Å². The summed E-state index contributed by atoms with van der Waals surface area (Å²) in [5.74, 6) is 1.06. The lowest BCUT2D eigenvalue weighted by molar-refractivity contribution is -0.148. The number of fused-ring (bicyclic) bond motifs is 1. The molecule has 40 heavy (non-hydrogen) atoms. The second kappa shape index (κ2) is 14.2. The van der Waals surface area contributed by atoms with Crippen molar-refractivity contribution in [3.05, 3.63) is 36.7 Å². The van der Waals surface area contributed by atoms with Crippen molar-refractivity contribution in [3.8, 4) is 11.6 Å². The number of benzene rings is 1. The Kier molecular flexibility index (Phi) is 11.2. The minimum absolute atomic E-state index is 0.0662. The molecule has 0 bridgehead atoms. The summed E-state index contributed by atoms with van der Waals surface area (Å²) in [4.78, 5) is 23.4. The molecule has 0 saturated carbocycles. The number of carbonyl (C=O) groups is 1. The molecule has 1 saturated heterocycles. The predicted molar refractivity (Wildman–Crippen MR) is 157 cm³/mol. The molecular weight excluding hydrogens is 555 g/mol. The third-order valence-corrected chi connectivity index (χ3v) is 9.00. The van der Waals surface area contributed by atoms with Gasteiger partial charge in [-0.25, -0.2) is 4.98 Å². The summed E-state index contributed by atoms with van der Waals surface area (Å²) in [5.41, 5.74) is 12.2. The average Bonchev–Trinajstić information content (AvgIpc) is 3.50. The molecule has 3 aromatic rings. The number of imidazole rings is 1. The largest absolute Gasteiger partial charge is 0.479 e. The average molecular weight is 595 g/mol. The van der Waals surface area contributed by atoms with Gasteiger partial charge in [-0.1, -0.05) is 32.0 Å². The van der Waals surface area contributed by atoms with Gasteiger partial charge in [0.15, 0.2) is 11.2 Å². The lowest BCUT2D eigenvalue weighted by atomic mass is 10.1. The standard InChI is InChI=1S/C20H26N5O4PS.C6H13NO2/c1-4-30(31,29-14-8-6-5-7-9-14)27-11-15-10-13(2)19(28-15)25-12-22-16-17(25)23-20(21)24-18(16)26-3;1-4(2)9-6(8)5(3)7/h5-9,12-13,15,19H,4,10-11H2,1-3H3,(H2,21,23,24);4-5H,7H2,1-3H3/t13-,15-,19+,30?;5-/m00/s1. The van der Waals surface area contributed by atoms with Crippen molar-refractivity contribution in [1.82, 2.24) is 19.5 Å². The second-order valence-corrected chi connectivity index (χ2v) is 13.6. The number of ether oxygens (including phenoxy) is 3. The zero-order valence-electron chi connectivity index (χ0n) is 23.7. The van der Waals surface area contributed by atoms with Crippen molar-refractivity contribution < 1.29 is 28.1 Å². The van der Waals surface area contributed by atoms with Crippen molar-refractivity contribution >= 4 is 41.4 Å². The first-order chi connectivity index (χ1) is 19.0. The van der Waals surface area contributed by atoms with Crippen LogP contribution in [-0.4, -0.2) is 63.6 Å². The van der Waals surface area contributed by atoms with Crippen LogP contribution in [0.4, 0.5) is 5.95 Å². The Morgan fingerprint density at radius 3 is 2.52 bits per heavy atom. The quantitative estimate of drug-likeness (QED) is 0.257. The number of aromatic nitrogens is 4. The van der Waals surface area contributed by atoms with E-state index in [4.69, 9.17) is 46.5 Å². The van der Waals surface area contributed by atoms with Crippen LogP contribution in [-0.2, 0) is 30.6 Å². The van der Waals surface area contributed by atoms with E-state index in [0.717, 1.165) is 12.2 Å². The Hall–Kier alpha value is -2.83. The molecule has 2 aromatic heterocycles. The first-order valence-electron chi connectivity index (χ1n) is 13.1. The van der Waals surface area contributed by atoms with E-state index >= 15 is 0 Å². The van der Waals surface area contributed by atoms with Crippen LogP contribution in [0.25, 0.3) is 11.2 Å². The molecule has 220 valence electrons. The van der Waals surface area contributed by atoms with Gasteiger partial charge in [-0.05, 0) is 51.1 Å². The maximum Gasteiger partial charge on any atom is 0.322 e. The number of nitrogens with zero attached hydrogens (tertiary/aromatic N) is 4. The fourth-order valence-electron chi connectivity index (χ4n) is 3.96. The highest BCUT2D eigenvalue weighted by molar-refractivity contribution is 8.10. The normalized spacial score (nSPS) is 20.9. The lowest BCUT2D eigenvalue weighted by Gasteiger charge is -2.23. The summed E-state index contributed by atoms with van der Waals surface area (Å²) in [6, 6.07) is 9.03. The van der Waals surface area contributed by atoms with Gasteiger partial charge in [-0.15, -0.1) is 0 Å². The van der Waals surface area contributed by atoms with Gasteiger partial charge in [0.1, 0.15) is 18.0 Å². The summed E-state index contributed by atoms with van der Waals surface area (Å²) < 4.78 is 30.3. The molecule has 12 nitrogen and oxygen atoms in total. The van der Waals surface area contributed by atoms with Crippen molar-refractivity contribution in [1.29, 1.82) is 0 Å². The number of nitrogen functional groups attached to an aromatic ring is 1. The van der Waals surface area contributed by atoms with Crippen LogP contribution in [0.15, 0.2) is 36.7 Å². The molecule has 0 amide bonds. The molecule has 0 spiro atoms. The van der Waals surface area contributed by atoms with Crippen LogP contribution >= 0.6 is 6.49 Å². The van der Waals surface area contributed by atoms with Crippen molar-refractivity contribution in [2.75, 3.05) is 25.6 Å². The second-order valence-electron chi connectivity index (χ2n) is 9.68. The first kappa shape index (κ1) is 31.7. The smallest absolute Gasteiger partial charge is 0.322 e. The summed E-state index contributed by atoms with van der Waals surface area (Å²) in [6.07, 6.45) is 2.68. The lowest BCUT2D eigenvalue weighted by Crippen LogP contribution is -2.30. The molecule has 1 aliphatic heterocycles. The van der Waals surface area contributed by atoms with E-state index < -0.39 is 12.5 Å². The van der Waals surface area contributed by atoms with Gasteiger partial charge >= 0.3 is 5.97 Å². The van der Waals surface area contributed by atoms with E-state index in [9.17, 15) is 4.79 Å². The van der Waals surface area contributed by atoms with Crippen LogP contribution in [0.1, 0.15) is 47.3 Å². The van der Waals surface area contributed by atoms with Crippen LogP contribution < -0.4 is 20.7 Å². The third-order valence-electron chi connectivity index (χ3n) is 5.88. The highest BCUT2D eigenvalue weighted by Gasteiger charge is 2.36. The Balaban J connectivity index is 0.000000424. The molecule has 1 aliphatic rings. The minimum Gasteiger partial charge on any atom is -0.479 e. The number of hydrogen-bond acceptors (Lipinski definition) is 12. The highest BCUT2D eigenvalue weighted by Crippen LogP contribution is 2.49. The molecule has 1 fully saturated rings. The van der Waals surface area contributed by atoms with Crippen LogP contribution in [0.5, 0.6) is 11.6 Å². The molecule has 1 unspecified atom stereocenters. The highest BCUT2D eigenvalue weighted by atomic mass is 32.5. The number of esters is 1. The number of hydrogen-bond donors (Lipinski definition) is 2. The van der Waals surface area contributed by atoms with E-state index in [1.165, 1.54) is 7.11 Å². The number of para-hydroxylation sites is 1. The zero-order valence-corrected chi connectivity index (χ0v) is 25.4. The van der Waals surface area contributed by atoms with Gasteiger partial charge in [0, 0.05) is 12.1 Å². The fourth-order valence-corrected chi connectivity index (χ4v) is 5.60. The van der Waals surface area contributed by atoms with Gasteiger partial charge in [0.2, 0.25) is 18.3 Å². The zero-order chi connectivity index (χ0) is 29.4. The summed E-state index contributed by atoms with van der Waals surface area (Å²) in [6.45, 7) is 7.21. The van der Waals surface area contributed by atoms with Gasteiger partial charge in [-0.2, -0.15) is 9.97 Å². The Bertz CT molecular complexity index is 1310. The Morgan fingerprint density at radius 2 is 1.95 bits per heavy atom. The summed E-state index contributed by atoms with van der Waals surface area (Å²) >= 11 is 5.71. The molecule has 0 radical (unpaired) electrons. The maximum atomic E-state index is 10.6. The third kappa shape index (κ3) is 8.34.